The SMILES string of the molecule is O=C(Nc1ccc(CNC(=O)C2CCN(c3ccccc3Br)C2=O)cc1)c1ccco1. The summed E-state index contributed by atoms with van der Waals surface area (Å²) in [5, 5.41) is 5.58. The quantitative estimate of drug-likeness (QED) is 0.521. The molecule has 0 bridgehead atoms. The van der Waals surface area contributed by atoms with Crippen molar-refractivity contribution in [2.75, 3.05) is 16.8 Å². The summed E-state index contributed by atoms with van der Waals surface area (Å²) < 4.78 is 5.89. The number of hydrogen-bond acceptors (Lipinski definition) is 4. The summed E-state index contributed by atoms with van der Waals surface area (Å²) in [5.74, 6) is -1.27. The van der Waals surface area contributed by atoms with E-state index < -0.39 is 5.92 Å². The van der Waals surface area contributed by atoms with E-state index in [1.54, 1.807) is 29.2 Å². The molecule has 0 saturated carbocycles. The first kappa shape index (κ1) is 20.9. The van der Waals surface area contributed by atoms with E-state index in [1.165, 1.54) is 6.26 Å². The van der Waals surface area contributed by atoms with E-state index in [2.05, 4.69) is 26.6 Å². The highest BCUT2D eigenvalue weighted by Gasteiger charge is 2.38. The number of anilines is 2. The summed E-state index contributed by atoms with van der Waals surface area (Å²) in [6.45, 7) is 0.799. The smallest absolute Gasteiger partial charge is 0.291 e. The Kier molecular flexibility index (Phi) is 6.18. The molecule has 2 heterocycles. The molecule has 4 rings (SSSR count). The molecule has 0 spiro atoms. The van der Waals surface area contributed by atoms with Gasteiger partial charge in [-0.15, -0.1) is 0 Å². The molecule has 8 heteroatoms. The molecule has 158 valence electrons. The third-order valence-corrected chi connectivity index (χ3v) is 5.76. The van der Waals surface area contributed by atoms with Crippen LogP contribution in [-0.2, 0) is 16.1 Å². The van der Waals surface area contributed by atoms with E-state index in [4.69, 9.17) is 4.42 Å². The van der Waals surface area contributed by atoms with E-state index in [9.17, 15) is 14.4 Å². The van der Waals surface area contributed by atoms with Crippen molar-refractivity contribution in [3.05, 3.63) is 82.7 Å². The number of hydrogen-bond donors (Lipinski definition) is 2. The van der Waals surface area contributed by atoms with Crippen molar-refractivity contribution in [3.63, 3.8) is 0 Å². The molecule has 0 radical (unpaired) electrons. The molecule has 1 fully saturated rings. The standard InChI is InChI=1S/C23H20BrN3O4/c24-18-4-1-2-5-19(18)27-12-11-17(23(27)30)21(28)25-14-15-7-9-16(10-8-15)26-22(29)20-6-3-13-31-20/h1-10,13,17H,11-12,14H2,(H,25,28)(H,26,29). The number of carbonyl (C=O) groups excluding carboxylic acids is 3. The van der Waals surface area contributed by atoms with Crippen molar-refractivity contribution in [1.29, 1.82) is 0 Å². The first-order valence-electron chi connectivity index (χ1n) is 9.80. The minimum atomic E-state index is -0.695. The van der Waals surface area contributed by atoms with Crippen molar-refractivity contribution >= 4 is 45.0 Å². The number of nitrogens with zero attached hydrogens (tertiary/aromatic N) is 1. The zero-order valence-electron chi connectivity index (χ0n) is 16.5. The zero-order valence-corrected chi connectivity index (χ0v) is 18.1. The third kappa shape index (κ3) is 4.69. The molecule has 1 atom stereocenters. The lowest BCUT2D eigenvalue weighted by Gasteiger charge is -2.18. The van der Waals surface area contributed by atoms with Crippen molar-refractivity contribution in [2.45, 2.75) is 13.0 Å². The molecule has 3 aromatic rings. The normalized spacial score (nSPS) is 15.7. The van der Waals surface area contributed by atoms with Crippen molar-refractivity contribution in [2.24, 2.45) is 5.92 Å². The van der Waals surface area contributed by atoms with Crippen LogP contribution in [0.1, 0.15) is 22.5 Å². The molecule has 1 aliphatic rings. The first-order valence-corrected chi connectivity index (χ1v) is 10.6. The Morgan fingerprint density at radius 1 is 1.06 bits per heavy atom. The van der Waals surface area contributed by atoms with E-state index in [1.807, 2.05) is 36.4 Å². The van der Waals surface area contributed by atoms with Gasteiger partial charge in [-0.3, -0.25) is 14.4 Å². The molecule has 1 unspecified atom stereocenters. The summed E-state index contributed by atoms with van der Waals surface area (Å²) in [4.78, 5) is 39.0. The van der Waals surface area contributed by atoms with Gasteiger partial charge in [-0.05, 0) is 64.3 Å². The lowest BCUT2D eigenvalue weighted by atomic mass is 10.1. The van der Waals surface area contributed by atoms with Gasteiger partial charge in [0, 0.05) is 23.2 Å². The lowest BCUT2D eigenvalue weighted by Crippen LogP contribution is -2.36. The second-order valence-corrected chi connectivity index (χ2v) is 7.98. The number of halogens is 1. The van der Waals surface area contributed by atoms with Crippen molar-refractivity contribution in [3.8, 4) is 0 Å². The molecular formula is C23H20BrN3O4. The number of carbonyl (C=O) groups is 3. The number of benzene rings is 2. The van der Waals surface area contributed by atoms with Gasteiger partial charge in [0.2, 0.25) is 11.8 Å². The minimum Gasteiger partial charge on any atom is -0.459 e. The van der Waals surface area contributed by atoms with Crippen LogP contribution in [-0.4, -0.2) is 24.3 Å². The highest BCUT2D eigenvalue weighted by Crippen LogP contribution is 2.31. The van der Waals surface area contributed by atoms with Crippen LogP contribution in [0.2, 0.25) is 0 Å². The molecule has 2 aromatic carbocycles. The summed E-state index contributed by atoms with van der Waals surface area (Å²) >= 11 is 3.46. The van der Waals surface area contributed by atoms with Crippen LogP contribution in [0.3, 0.4) is 0 Å². The van der Waals surface area contributed by atoms with Gasteiger partial charge < -0.3 is 20.0 Å². The van der Waals surface area contributed by atoms with Crippen LogP contribution < -0.4 is 15.5 Å². The predicted molar refractivity (Wildman–Crippen MR) is 120 cm³/mol. The summed E-state index contributed by atoms with van der Waals surface area (Å²) in [5.41, 5.74) is 2.25. The Balaban J connectivity index is 1.31. The van der Waals surface area contributed by atoms with E-state index >= 15 is 0 Å². The van der Waals surface area contributed by atoms with Gasteiger partial charge in [-0.25, -0.2) is 0 Å². The second kappa shape index (κ2) is 9.18. The Bertz CT molecular complexity index is 1100. The largest absolute Gasteiger partial charge is 0.459 e. The second-order valence-electron chi connectivity index (χ2n) is 7.13. The van der Waals surface area contributed by atoms with Crippen LogP contribution in [0.4, 0.5) is 11.4 Å². The minimum absolute atomic E-state index is 0.194. The summed E-state index contributed by atoms with van der Waals surface area (Å²) in [6, 6.07) is 17.8. The lowest BCUT2D eigenvalue weighted by molar-refractivity contribution is -0.132. The molecule has 1 aliphatic heterocycles. The number of furan rings is 1. The fourth-order valence-electron chi connectivity index (χ4n) is 3.45. The van der Waals surface area contributed by atoms with Crippen LogP contribution in [0.25, 0.3) is 0 Å². The molecule has 3 amide bonds. The number of rotatable bonds is 6. The van der Waals surface area contributed by atoms with E-state index in [0.29, 0.717) is 25.2 Å². The number of amides is 3. The number of para-hydroxylation sites is 1. The zero-order chi connectivity index (χ0) is 21.8. The maximum absolute atomic E-state index is 12.8. The van der Waals surface area contributed by atoms with Gasteiger partial charge in [0.05, 0.1) is 12.0 Å². The summed E-state index contributed by atoms with van der Waals surface area (Å²) in [6.07, 6.45) is 1.91. The average Bonchev–Trinajstić information content (AvgIpc) is 3.44. The molecule has 7 nitrogen and oxygen atoms in total. The first-order chi connectivity index (χ1) is 15.0. The van der Waals surface area contributed by atoms with Crippen LogP contribution in [0.15, 0.2) is 75.8 Å². The monoisotopic (exact) mass is 481 g/mol. The maximum atomic E-state index is 12.8. The maximum Gasteiger partial charge on any atom is 0.291 e. The fourth-order valence-corrected chi connectivity index (χ4v) is 3.95. The van der Waals surface area contributed by atoms with Crippen molar-refractivity contribution < 1.29 is 18.8 Å². The van der Waals surface area contributed by atoms with Crippen LogP contribution in [0.5, 0.6) is 0 Å². The predicted octanol–water partition coefficient (Wildman–Crippen LogP) is 3.96. The molecule has 1 aromatic heterocycles. The van der Waals surface area contributed by atoms with Gasteiger partial charge in [0.15, 0.2) is 5.76 Å². The van der Waals surface area contributed by atoms with Gasteiger partial charge in [0.1, 0.15) is 5.92 Å². The van der Waals surface area contributed by atoms with Gasteiger partial charge in [-0.2, -0.15) is 0 Å². The molecular weight excluding hydrogens is 462 g/mol. The average molecular weight is 482 g/mol. The third-order valence-electron chi connectivity index (χ3n) is 5.09. The van der Waals surface area contributed by atoms with Gasteiger partial charge >= 0.3 is 0 Å². The molecule has 0 aliphatic carbocycles. The molecule has 1 saturated heterocycles. The molecule has 2 N–H and O–H groups in total. The van der Waals surface area contributed by atoms with Crippen LogP contribution >= 0.6 is 15.9 Å². The molecule has 31 heavy (non-hydrogen) atoms. The Morgan fingerprint density at radius 2 is 1.84 bits per heavy atom. The topological polar surface area (TPSA) is 91.7 Å². The van der Waals surface area contributed by atoms with Gasteiger partial charge in [-0.1, -0.05) is 24.3 Å². The number of nitrogens with one attached hydrogen (secondary N) is 2. The Labute approximate surface area is 187 Å². The Hall–Kier alpha value is -3.39. The van der Waals surface area contributed by atoms with Crippen molar-refractivity contribution in [1.82, 2.24) is 5.32 Å². The summed E-state index contributed by atoms with van der Waals surface area (Å²) in [7, 11) is 0. The van der Waals surface area contributed by atoms with Crippen LogP contribution in [0, 0.1) is 5.92 Å². The fraction of sp³-hybridized carbons (Fsp3) is 0.174. The highest BCUT2D eigenvalue weighted by molar-refractivity contribution is 9.10. The van der Waals surface area contributed by atoms with E-state index in [-0.39, 0.29) is 23.5 Å². The van der Waals surface area contributed by atoms with E-state index in [0.717, 1.165) is 15.7 Å². The highest BCUT2D eigenvalue weighted by atomic mass is 79.9. The Morgan fingerprint density at radius 3 is 2.55 bits per heavy atom. The van der Waals surface area contributed by atoms with Gasteiger partial charge in [0.25, 0.3) is 5.91 Å².